The van der Waals surface area contributed by atoms with E-state index in [0.717, 1.165) is 34.1 Å². The molecule has 0 unspecified atom stereocenters. The Labute approximate surface area is 437 Å². The third-order valence-corrected chi connectivity index (χ3v) is 16.7. The molecule has 6 aliphatic heterocycles. The van der Waals surface area contributed by atoms with E-state index >= 15 is 0 Å². The first-order chi connectivity index (χ1) is 37.3. The van der Waals surface area contributed by atoms with Crippen molar-refractivity contribution in [1.82, 2.24) is 0 Å². The van der Waals surface area contributed by atoms with Gasteiger partial charge < -0.3 is 28.9 Å². The summed E-state index contributed by atoms with van der Waals surface area (Å²) in [6.45, 7) is -0.817. The van der Waals surface area contributed by atoms with Crippen LogP contribution in [0, 0.1) is 0 Å². The molecule has 6 nitrogen and oxygen atoms in total. The molecule has 9 heteroatoms. The zero-order valence-electron chi connectivity index (χ0n) is 40.7. The number of anilines is 12. The maximum Gasteiger partial charge on any atom is 0.422 e. The third kappa shape index (κ3) is 5.46. The van der Waals surface area contributed by atoms with E-state index in [1.165, 1.54) is 95.0 Å². The summed E-state index contributed by atoms with van der Waals surface area (Å²) in [7, 11) is 0. The Morgan fingerprint density at radius 2 is 0.440 bits per heavy atom. The summed E-state index contributed by atoms with van der Waals surface area (Å²) in [6, 6.07) is 97.2. The van der Waals surface area contributed by atoms with E-state index in [9.17, 15) is 0 Å². The van der Waals surface area contributed by atoms with Gasteiger partial charge in [-0.25, -0.2) is 0 Å². The monoisotopic (exact) mass is 952 g/mol. The number of hydrogen-bond donors (Lipinski definition) is 0. The Bertz CT molecular complexity index is 3870. The Kier molecular flexibility index (Phi) is 8.44. The number of para-hydroxylation sites is 8. The van der Waals surface area contributed by atoms with E-state index in [-0.39, 0.29) is 20.9 Å². The number of rotatable bonds is 6. The fourth-order valence-electron chi connectivity index (χ4n) is 13.9. The number of hydrogen-bond acceptors (Lipinski definition) is 6. The fraction of sp³-hybridized carbons (Fsp3) is 0. The van der Waals surface area contributed by atoms with Gasteiger partial charge in [-0.3, -0.25) is 0 Å². The summed E-state index contributed by atoms with van der Waals surface area (Å²) in [5, 5.41) is 0. The molecule has 0 atom stereocenters. The van der Waals surface area contributed by atoms with E-state index in [2.05, 4.69) is 290 Å². The fourth-order valence-corrected chi connectivity index (χ4v) is 13.9. The molecule has 346 valence electrons. The summed E-state index contributed by atoms with van der Waals surface area (Å²) in [6.07, 6.45) is 0. The maximum absolute atomic E-state index is 2.68. The van der Waals surface area contributed by atoms with E-state index in [0.29, 0.717) is 0 Å². The number of nitrogens with zero attached hydrogens (tertiary/aromatic N) is 6. The van der Waals surface area contributed by atoms with Crippen LogP contribution in [0.2, 0.25) is 0 Å². The van der Waals surface area contributed by atoms with Crippen molar-refractivity contribution in [2.24, 2.45) is 0 Å². The lowest BCUT2D eigenvalue weighted by atomic mass is 9.44. The van der Waals surface area contributed by atoms with Crippen LogP contribution in [-0.2, 0) is 0 Å². The summed E-state index contributed by atoms with van der Waals surface area (Å²) >= 11 is 0. The van der Waals surface area contributed by atoms with E-state index in [1.54, 1.807) is 0 Å². The molecule has 11 aromatic rings. The van der Waals surface area contributed by atoms with E-state index in [4.69, 9.17) is 0 Å². The van der Waals surface area contributed by atoms with Crippen molar-refractivity contribution >= 4 is 106 Å². The second kappa shape index (κ2) is 15.5. The highest BCUT2D eigenvalue weighted by Gasteiger charge is 2.59. The van der Waals surface area contributed by atoms with Gasteiger partial charge in [0.25, 0.3) is 0 Å². The highest BCUT2D eigenvalue weighted by molar-refractivity contribution is 6.93. The van der Waals surface area contributed by atoms with Crippen molar-refractivity contribution in [1.29, 1.82) is 0 Å². The van der Waals surface area contributed by atoms with Gasteiger partial charge in [0.1, 0.15) is 0 Å². The normalized spacial score (nSPS) is 14.4. The predicted octanol–water partition coefficient (Wildman–Crippen LogP) is 14.4. The zero-order chi connectivity index (χ0) is 48.9. The van der Waals surface area contributed by atoms with Crippen molar-refractivity contribution in [3.8, 4) is 44.5 Å². The van der Waals surface area contributed by atoms with Crippen LogP contribution < -0.4 is 45.3 Å². The second-order valence-corrected chi connectivity index (χ2v) is 20.3. The minimum Gasteiger partial charge on any atom is -0.361 e. The van der Waals surface area contributed by atoms with E-state index < -0.39 is 0 Å². The smallest absolute Gasteiger partial charge is 0.361 e. The highest BCUT2D eigenvalue weighted by Crippen LogP contribution is 2.61. The molecule has 11 aromatic carbocycles. The number of fused-ring (bicyclic) bond motifs is 4. The summed E-state index contributed by atoms with van der Waals surface area (Å²) in [5.74, 6) is 0. The van der Waals surface area contributed by atoms with Crippen LogP contribution in [0.1, 0.15) is 0 Å². The quantitative estimate of drug-likeness (QED) is 0.154. The zero-order valence-corrected chi connectivity index (χ0v) is 40.7. The van der Waals surface area contributed by atoms with Crippen LogP contribution in [0.25, 0.3) is 44.5 Å². The first-order valence-corrected chi connectivity index (χ1v) is 26.1. The van der Waals surface area contributed by atoms with Crippen LogP contribution in [0.15, 0.2) is 261 Å². The van der Waals surface area contributed by atoms with Crippen molar-refractivity contribution in [2.75, 3.05) is 28.9 Å². The first kappa shape index (κ1) is 40.9. The molecule has 0 spiro atoms. The Balaban J connectivity index is 1.10. The molecule has 0 aliphatic carbocycles. The van der Waals surface area contributed by atoms with Gasteiger partial charge in [0.2, 0.25) is 0 Å². The third-order valence-electron chi connectivity index (χ3n) is 16.7. The lowest BCUT2D eigenvalue weighted by Crippen LogP contribution is -2.69. The molecule has 6 heterocycles. The van der Waals surface area contributed by atoms with Gasteiger partial charge in [-0.1, -0.05) is 158 Å². The molecule has 0 radical (unpaired) electrons. The van der Waals surface area contributed by atoms with Gasteiger partial charge >= 0.3 is 20.9 Å². The molecular formula is C66H43B3N6. The van der Waals surface area contributed by atoms with Gasteiger partial charge in [-0.2, -0.15) is 0 Å². The summed E-state index contributed by atoms with van der Waals surface area (Å²) in [5.41, 5.74) is 28.0. The standard InChI is InChI=1S/C66H43B3N6/c1-7-23-44(24-8-1)70-54-37-21-19-35-50(54)52-39-41-56-60-62-58(74(67(70)64(52)60)48-31-15-5-16-32-48)43-59-63-61-57(73(47-29-13-4-14-30-47)69(66(62)63)72(56)46-27-11-3-12-28-46)42-40-53-51-36-20-22-38-55(51)71(45-25-9-2-10-26-45)68(65(53)61)75(59)49-33-17-6-18-34-49/h1-43H. The van der Waals surface area contributed by atoms with Crippen molar-refractivity contribution in [3.05, 3.63) is 261 Å². The average molecular weight is 953 g/mol. The van der Waals surface area contributed by atoms with Crippen molar-refractivity contribution in [3.63, 3.8) is 0 Å². The van der Waals surface area contributed by atoms with Crippen LogP contribution >= 0.6 is 0 Å². The second-order valence-electron chi connectivity index (χ2n) is 20.3. The van der Waals surface area contributed by atoms with Crippen LogP contribution in [0.4, 0.5) is 68.2 Å². The summed E-state index contributed by atoms with van der Waals surface area (Å²) in [4.78, 5) is 15.9. The molecule has 6 aliphatic rings. The van der Waals surface area contributed by atoms with Gasteiger partial charge in [-0.05, 0) is 131 Å². The van der Waals surface area contributed by atoms with Crippen molar-refractivity contribution < 1.29 is 0 Å². The van der Waals surface area contributed by atoms with Crippen LogP contribution in [0.3, 0.4) is 0 Å². The van der Waals surface area contributed by atoms with Gasteiger partial charge in [0.05, 0.1) is 0 Å². The lowest BCUT2D eigenvalue weighted by Gasteiger charge is -2.56. The molecule has 0 fully saturated rings. The van der Waals surface area contributed by atoms with Crippen LogP contribution in [-0.4, -0.2) is 20.9 Å². The Morgan fingerprint density at radius 3 is 0.773 bits per heavy atom. The van der Waals surface area contributed by atoms with Crippen molar-refractivity contribution in [2.45, 2.75) is 0 Å². The first-order valence-electron chi connectivity index (χ1n) is 26.1. The largest absolute Gasteiger partial charge is 0.422 e. The molecule has 0 saturated heterocycles. The molecule has 0 aromatic heterocycles. The summed E-state index contributed by atoms with van der Waals surface area (Å²) < 4.78 is 0. The lowest BCUT2D eigenvalue weighted by molar-refractivity contribution is 1.21. The highest BCUT2D eigenvalue weighted by atomic mass is 15.3. The molecule has 75 heavy (non-hydrogen) atoms. The maximum atomic E-state index is 2.68. The van der Waals surface area contributed by atoms with Gasteiger partial charge in [0.15, 0.2) is 0 Å². The SMILES string of the molecule is c1ccc(N2B3c4c(ccc5c4-c4c(cc6c7c4B(N5c4ccccc4)N(c4ccccc4)c4ccc5c(c4-7)B(N(c4ccccc4)c4ccccc4-5)N6c4ccccc4)N3c3ccccc3)-c3ccccc32)cc1. The minimum atomic E-state index is -0.292. The molecular weight excluding hydrogens is 909 g/mol. The average Bonchev–Trinajstić information content (AvgIpc) is 3.60. The molecule has 0 bridgehead atoms. The molecule has 0 N–H and O–H groups in total. The molecule has 17 rings (SSSR count). The van der Waals surface area contributed by atoms with Gasteiger partial charge in [0, 0.05) is 102 Å². The Hall–Kier alpha value is -9.59. The molecule has 0 amide bonds. The minimum absolute atomic E-state index is 0.263. The number of benzene rings is 11. The topological polar surface area (TPSA) is 19.4 Å². The van der Waals surface area contributed by atoms with Crippen LogP contribution in [0.5, 0.6) is 0 Å². The predicted molar refractivity (Wildman–Crippen MR) is 316 cm³/mol. The van der Waals surface area contributed by atoms with Gasteiger partial charge in [-0.15, -0.1) is 0 Å². The Morgan fingerprint density at radius 1 is 0.187 bits per heavy atom. The van der Waals surface area contributed by atoms with E-state index in [1.807, 2.05) is 0 Å². The molecule has 0 saturated carbocycles.